The van der Waals surface area contributed by atoms with Crippen LogP contribution in [0, 0.1) is 0 Å². The Kier molecular flexibility index (Phi) is 59.4. The number of unbranched alkanes of at least 4 members (excludes halogenated alkanes) is 42. The van der Waals surface area contributed by atoms with Gasteiger partial charge in [0.1, 0.15) is 12.7 Å². The molecule has 0 heterocycles. The fraction of sp³-hybridized carbons (Fsp3) is 0.894. The maximum absolute atomic E-state index is 13.0. The van der Waals surface area contributed by atoms with E-state index in [2.05, 4.69) is 45.1 Å². The molecule has 0 bridgehead atoms. The molecule has 0 aliphatic carbocycles. The fourth-order valence-electron chi connectivity index (χ4n) is 9.76. The smallest absolute Gasteiger partial charge is 0.462 e. The van der Waals surface area contributed by atoms with Crippen molar-refractivity contribution in [1.29, 1.82) is 0 Å². The van der Waals surface area contributed by atoms with Crippen molar-refractivity contribution in [3.05, 3.63) is 24.3 Å². The third-order valence-corrected chi connectivity index (χ3v) is 15.8. The van der Waals surface area contributed by atoms with Gasteiger partial charge in [0.2, 0.25) is 0 Å². The molecule has 3 unspecified atom stereocenters. The van der Waals surface area contributed by atoms with E-state index < -0.39 is 57.8 Å². The number of rotatable bonds is 63. The van der Waals surface area contributed by atoms with Crippen LogP contribution in [0.25, 0.3) is 0 Å². The number of aliphatic hydroxyl groups excluding tert-OH is 1. The first-order chi connectivity index (χ1) is 38.2. The zero-order valence-corrected chi connectivity index (χ0v) is 52.1. The van der Waals surface area contributed by atoms with Crippen LogP contribution in [-0.4, -0.2) is 66.5 Å². The van der Waals surface area contributed by atoms with Gasteiger partial charge in [0.15, 0.2) is 6.10 Å². The van der Waals surface area contributed by atoms with Crippen molar-refractivity contribution in [2.45, 2.75) is 354 Å². The highest BCUT2D eigenvalue weighted by Crippen LogP contribution is 2.43. The summed E-state index contributed by atoms with van der Waals surface area (Å²) in [5.74, 6) is -1.44. The Labute approximate surface area is 480 Å². The van der Waals surface area contributed by atoms with Crippen LogP contribution in [0.4, 0.5) is 0 Å². The van der Waals surface area contributed by atoms with Gasteiger partial charge in [-0.05, 0) is 70.6 Å². The lowest BCUT2D eigenvalue weighted by Crippen LogP contribution is -2.30. The summed E-state index contributed by atoms with van der Waals surface area (Å²) in [4.78, 5) is 48.8. The van der Waals surface area contributed by atoms with E-state index in [-0.39, 0.29) is 25.9 Å². The number of hydrogen-bond donors (Lipinski definition) is 2. The Morgan fingerprint density at radius 3 is 0.885 bits per heavy atom. The SMILES string of the molecule is CCCCCCCC/C=C\CCCCCCCCCC(=O)OC(CO)COP(=O)(O)OCC(COC(=O)CCCCCCCCCCCCCCCCCCC)OC(=O)CCCCCCCCC/C=C\CCCCCCCC. The average molecular weight is 1130 g/mol. The van der Waals surface area contributed by atoms with E-state index in [4.69, 9.17) is 23.3 Å². The highest BCUT2D eigenvalue weighted by Gasteiger charge is 2.28. The number of hydrogen-bond acceptors (Lipinski definition) is 10. The minimum Gasteiger partial charge on any atom is -0.462 e. The lowest BCUT2D eigenvalue weighted by molar-refractivity contribution is -0.161. The largest absolute Gasteiger partial charge is 0.472 e. The van der Waals surface area contributed by atoms with Gasteiger partial charge in [-0.1, -0.05) is 276 Å². The summed E-state index contributed by atoms with van der Waals surface area (Å²) < 4.78 is 39.7. The molecule has 0 aliphatic rings. The zero-order valence-electron chi connectivity index (χ0n) is 51.2. The summed E-state index contributed by atoms with van der Waals surface area (Å²) in [6, 6.07) is 0. The predicted octanol–water partition coefficient (Wildman–Crippen LogP) is 20.2. The van der Waals surface area contributed by atoms with E-state index in [1.807, 2.05) is 0 Å². The first-order valence-corrected chi connectivity index (χ1v) is 34.7. The van der Waals surface area contributed by atoms with Crippen molar-refractivity contribution in [1.82, 2.24) is 0 Å². The van der Waals surface area contributed by atoms with E-state index in [0.29, 0.717) is 19.3 Å². The minimum absolute atomic E-state index is 0.168. The molecule has 0 aliphatic heterocycles. The first-order valence-electron chi connectivity index (χ1n) is 33.2. The van der Waals surface area contributed by atoms with E-state index >= 15 is 0 Å². The standard InChI is InChI=1S/C66H125O11P/c1-4-7-10-13-16-19-22-25-28-31-34-37-40-43-46-49-52-55-64(68)73-59-63(77-66(70)57-54-51-48-45-42-39-36-33-30-27-24-21-18-15-12-9-6-3)61-75-78(71,72)74-60-62(58-67)76-65(69)56-53-50-47-44-41-38-35-32-29-26-23-20-17-14-11-8-5-2/h26-27,29-30,62-63,67H,4-25,28,31-61H2,1-3H3,(H,71,72)/b29-26-,30-27-. The summed E-state index contributed by atoms with van der Waals surface area (Å²) in [6.07, 6.45) is 64.1. The molecule has 0 aromatic rings. The maximum Gasteiger partial charge on any atom is 0.472 e. The average Bonchev–Trinajstić information content (AvgIpc) is 3.43. The molecular weight excluding hydrogens is 1000 g/mol. The number of esters is 3. The van der Waals surface area contributed by atoms with Gasteiger partial charge in [-0.25, -0.2) is 4.57 Å². The van der Waals surface area contributed by atoms with Gasteiger partial charge in [0.25, 0.3) is 0 Å². The Morgan fingerprint density at radius 2 is 0.590 bits per heavy atom. The lowest BCUT2D eigenvalue weighted by Gasteiger charge is -2.21. The van der Waals surface area contributed by atoms with E-state index in [9.17, 15) is 28.9 Å². The van der Waals surface area contributed by atoms with Gasteiger partial charge in [0.05, 0.1) is 19.8 Å². The van der Waals surface area contributed by atoms with Crippen LogP contribution in [0.5, 0.6) is 0 Å². The Morgan fingerprint density at radius 1 is 0.346 bits per heavy atom. The predicted molar refractivity (Wildman–Crippen MR) is 326 cm³/mol. The molecule has 12 heteroatoms. The molecule has 78 heavy (non-hydrogen) atoms. The third kappa shape index (κ3) is 58.6. The monoisotopic (exact) mass is 1120 g/mol. The van der Waals surface area contributed by atoms with Crippen LogP contribution in [0.3, 0.4) is 0 Å². The fourth-order valence-corrected chi connectivity index (χ4v) is 10.5. The maximum atomic E-state index is 13.0. The van der Waals surface area contributed by atoms with E-state index in [1.54, 1.807) is 0 Å². The van der Waals surface area contributed by atoms with Crippen LogP contribution < -0.4 is 0 Å². The van der Waals surface area contributed by atoms with Crippen LogP contribution >= 0.6 is 7.82 Å². The highest BCUT2D eigenvalue weighted by molar-refractivity contribution is 7.47. The molecule has 0 aromatic carbocycles. The summed E-state index contributed by atoms with van der Waals surface area (Å²) in [7, 11) is -4.75. The minimum atomic E-state index is -4.75. The van der Waals surface area contributed by atoms with Crippen molar-refractivity contribution in [3.63, 3.8) is 0 Å². The van der Waals surface area contributed by atoms with Crippen molar-refractivity contribution < 1.29 is 52.2 Å². The molecule has 0 saturated heterocycles. The Bertz CT molecular complexity index is 1400. The summed E-state index contributed by atoms with van der Waals surface area (Å²) in [5.41, 5.74) is 0. The highest BCUT2D eigenvalue weighted by atomic mass is 31.2. The summed E-state index contributed by atoms with van der Waals surface area (Å²) in [6.45, 7) is 4.71. The molecule has 0 amide bonds. The number of phosphoric acid groups is 1. The summed E-state index contributed by atoms with van der Waals surface area (Å²) >= 11 is 0. The number of carbonyl (C=O) groups is 3. The molecule has 460 valence electrons. The number of allylic oxidation sites excluding steroid dienone is 4. The molecule has 3 atom stereocenters. The van der Waals surface area contributed by atoms with E-state index in [1.165, 1.54) is 212 Å². The Hall–Kier alpha value is -2.04. The molecule has 0 saturated carbocycles. The number of phosphoric ester groups is 1. The second-order valence-electron chi connectivity index (χ2n) is 22.6. The van der Waals surface area contributed by atoms with Crippen LogP contribution in [0.15, 0.2) is 24.3 Å². The quantitative estimate of drug-likeness (QED) is 0.0197. The normalized spacial score (nSPS) is 13.3. The van der Waals surface area contributed by atoms with Crippen molar-refractivity contribution >= 4 is 25.7 Å². The Balaban J connectivity index is 4.65. The second kappa shape index (κ2) is 61.0. The molecule has 2 N–H and O–H groups in total. The molecule has 0 spiro atoms. The molecule has 0 rings (SSSR count). The first kappa shape index (κ1) is 76.0. The zero-order chi connectivity index (χ0) is 56.9. The van der Waals surface area contributed by atoms with Crippen LogP contribution in [0.1, 0.15) is 342 Å². The van der Waals surface area contributed by atoms with Crippen molar-refractivity contribution in [2.75, 3.05) is 26.4 Å². The molecule has 0 fully saturated rings. The van der Waals surface area contributed by atoms with Gasteiger partial charge >= 0.3 is 25.7 Å². The third-order valence-electron chi connectivity index (χ3n) is 14.8. The summed E-state index contributed by atoms with van der Waals surface area (Å²) in [5, 5.41) is 9.86. The second-order valence-corrected chi connectivity index (χ2v) is 24.1. The molecule has 11 nitrogen and oxygen atoms in total. The molecule has 0 aromatic heterocycles. The lowest BCUT2D eigenvalue weighted by atomic mass is 10.0. The van der Waals surface area contributed by atoms with Crippen LogP contribution in [-0.2, 0) is 42.2 Å². The van der Waals surface area contributed by atoms with Gasteiger partial charge in [-0.2, -0.15) is 0 Å². The van der Waals surface area contributed by atoms with Gasteiger partial charge in [0, 0.05) is 19.3 Å². The topological polar surface area (TPSA) is 155 Å². The van der Waals surface area contributed by atoms with E-state index in [0.717, 1.165) is 70.6 Å². The van der Waals surface area contributed by atoms with Crippen molar-refractivity contribution in [2.24, 2.45) is 0 Å². The van der Waals surface area contributed by atoms with Gasteiger partial charge < -0.3 is 24.2 Å². The number of aliphatic hydroxyl groups is 1. The van der Waals surface area contributed by atoms with Gasteiger partial charge in [-0.3, -0.25) is 23.4 Å². The molecule has 0 radical (unpaired) electrons. The number of carbonyl (C=O) groups excluding carboxylic acids is 3. The molecular formula is C66H125O11P. The number of ether oxygens (including phenoxy) is 3. The van der Waals surface area contributed by atoms with Gasteiger partial charge in [-0.15, -0.1) is 0 Å². The van der Waals surface area contributed by atoms with Crippen LogP contribution in [0.2, 0.25) is 0 Å². The van der Waals surface area contributed by atoms with Crippen molar-refractivity contribution in [3.8, 4) is 0 Å².